The Labute approximate surface area is 127 Å². The third-order valence-corrected chi connectivity index (χ3v) is 4.59. The Morgan fingerprint density at radius 2 is 1.89 bits per heavy atom. The third-order valence-electron chi connectivity index (χ3n) is 2.73. The van der Waals surface area contributed by atoms with Crippen molar-refractivity contribution in [2.45, 2.75) is 31.0 Å². The summed E-state index contributed by atoms with van der Waals surface area (Å²) in [6.45, 7) is 3.96. The van der Waals surface area contributed by atoms with Gasteiger partial charge in [-0.15, -0.1) is 11.8 Å². The number of nitrogens with zero attached hydrogens (tertiary/aromatic N) is 2. The van der Waals surface area contributed by atoms with Gasteiger partial charge < -0.3 is 0 Å². The van der Waals surface area contributed by atoms with Crippen molar-refractivity contribution in [2.24, 2.45) is 0 Å². The maximum Gasteiger partial charge on any atom is 0.136 e. The first-order valence-electron chi connectivity index (χ1n) is 6.01. The minimum atomic E-state index is 0.536. The molecule has 0 unspecified atom stereocenters. The van der Waals surface area contributed by atoms with Crippen LogP contribution >= 0.6 is 35.0 Å². The van der Waals surface area contributed by atoms with Gasteiger partial charge in [-0.05, 0) is 18.6 Å². The monoisotopic (exact) mass is 312 g/mol. The molecule has 1 aromatic heterocycles. The number of aromatic nitrogens is 2. The summed E-state index contributed by atoms with van der Waals surface area (Å²) in [4.78, 5) is 8.76. The average Bonchev–Trinajstić information content (AvgIpc) is 2.42. The highest BCUT2D eigenvalue weighted by Crippen LogP contribution is 2.29. The van der Waals surface area contributed by atoms with Gasteiger partial charge in [-0.1, -0.05) is 48.3 Å². The van der Waals surface area contributed by atoms with Crippen molar-refractivity contribution in [1.29, 1.82) is 0 Å². The van der Waals surface area contributed by atoms with Crippen LogP contribution in [0.15, 0.2) is 29.3 Å². The zero-order valence-corrected chi connectivity index (χ0v) is 13.1. The molecule has 2 aromatic rings. The molecule has 19 heavy (non-hydrogen) atoms. The van der Waals surface area contributed by atoms with Gasteiger partial charge >= 0.3 is 0 Å². The molecule has 0 aliphatic carbocycles. The second kappa shape index (κ2) is 6.60. The molecule has 0 amide bonds. The Morgan fingerprint density at radius 1 is 1.16 bits per heavy atom. The maximum atomic E-state index is 6.15. The fourth-order valence-corrected chi connectivity index (χ4v) is 3.12. The molecule has 0 atom stereocenters. The van der Waals surface area contributed by atoms with Crippen LogP contribution in [0.5, 0.6) is 0 Å². The number of hydrogen-bond donors (Lipinski definition) is 0. The Balaban J connectivity index is 2.20. The van der Waals surface area contributed by atoms with Crippen molar-refractivity contribution in [3.05, 3.63) is 51.4 Å². The van der Waals surface area contributed by atoms with E-state index in [1.165, 1.54) is 0 Å². The van der Waals surface area contributed by atoms with Crippen LogP contribution in [-0.2, 0) is 12.2 Å². The summed E-state index contributed by atoms with van der Waals surface area (Å²) >= 11 is 13.9. The molecule has 2 rings (SSSR count). The van der Waals surface area contributed by atoms with E-state index in [0.717, 1.165) is 39.2 Å². The highest BCUT2D eigenvalue weighted by molar-refractivity contribution is 7.98. The Kier molecular flexibility index (Phi) is 5.08. The van der Waals surface area contributed by atoms with Crippen LogP contribution in [0.2, 0.25) is 10.2 Å². The number of aryl methyl sites for hydroxylation is 1. The molecule has 0 bridgehead atoms. The molecule has 0 aliphatic rings. The van der Waals surface area contributed by atoms with Crippen LogP contribution in [0.1, 0.15) is 23.9 Å². The smallest absolute Gasteiger partial charge is 0.136 e. The molecule has 0 saturated heterocycles. The van der Waals surface area contributed by atoms with Crippen LogP contribution in [0.3, 0.4) is 0 Å². The molecule has 0 saturated carbocycles. The minimum Gasteiger partial charge on any atom is -0.226 e. The highest BCUT2D eigenvalue weighted by atomic mass is 35.5. The molecule has 0 fully saturated rings. The van der Waals surface area contributed by atoms with E-state index in [1.807, 2.05) is 38.1 Å². The van der Waals surface area contributed by atoms with Crippen molar-refractivity contribution in [3.8, 4) is 0 Å². The van der Waals surface area contributed by atoms with Crippen LogP contribution < -0.4 is 0 Å². The van der Waals surface area contributed by atoms with E-state index in [1.54, 1.807) is 11.8 Å². The van der Waals surface area contributed by atoms with E-state index in [9.17, 15) is 0 Å². The first kappa shape index (κ1) is 14.6. The van der Waals surface area contributed by atoms with Gasteiger partial charge in [0.15, 0.2) is 0 Å². The Bertz CT molecular complexity index is 588. The molecule has 0 N–H and O–H groups in total. The molecule has 0 radical (unpaired) electrons. The summed E-state index contributed by atoms with van der Waals surface area (Å²) in [7, 11) is 0. The second-order valence-electron chi connectivity index (χ2n) is 4.09. The topological polar surface area (TPSA) is 25.8 Å². The fourth-order valence-electron chi connectivity index (χ4n) is 1.57. The van der Waals surface area contributed by atoms with Gasteiger partial charge in [0.05, 0.1) is 0 Å². The van der Waals surface area contributed by atoms with Gasteiger partial charge in [-0.2, -0.15) is 0 Å². The van der Waals surface area contributed by atoms with Crippen molar-refractivity contribution in [1.82, 2.24) is 9.97 Å². The lowest BCUT2D eigenvalue weighted by molar-refractivity contribution is 0.871. The van der Waals surface area contributed by atoms with Gasteiger partial charge in [-0.3, -0.25) is 0 Å². The molecular weight excluding hydrogens is 299 g/mol. The Morgan fingerprint density at radius 3 is 2.58 bits per heavy atom. The van der Waals surface area contributed by atoms with E-state index >= 15 is 0 Å². The number of benzene rings is 1. The van der Waals surface area contributed by atoms with Gasteiger partial charge in [0, 0.05) is 22.8 Å². The van der Waals surface area contributed by atoms with Gasteiger partial charge in [0.25, 0.3) is 0 Å². The van der Waals surface area contributed by atoms with Crippen molar-refractivity contribution < 1.29 is 0 Å². The van der Waals surface area contributed by atoms with E-state index in [4.69, 9.17) is 23.2 Å². The fraction of sp³-hybridized carbons (Fsp3) is 0.286. The van der Waals surface area contributed by atoms with Crippen molar-refractivity contribution >= 4 is 35.0 Å². The van der Waals surface area contributed by atoms with E-state index in [-0.39, 0.29) is 0 Å². The summed E-state index contributed by atoms with van der Waals surface area (Å²) in [5.74, 6) is 1.55. The molecule has 5 heteroatoms. The van der Waals surface area contributed by atoms with Crippen LogP contribution in [0.4, 0.5) is 0 Å². The van der Waals surface area contributed by atoms with Crippen LogP contribution in [0, 0.1) is 6.92 Å². The molecular formula is C14H14Cl2N2S. The Hall–Kier alpha value is -0.770. The SMILES string of the molecule is CCc1nc(Cl)c(C)c(SCc2ccccc2Cl)n1. The van der Waals surface area contributed by atoms with Crippen molar-refractivity contribution in [2.75, 3.05) is 0 Å². The average molecular weight is 313 g/mol. The van der Waals surface area contributed by atoms with E-state index < -0.39 is 0 Å². The predicted molar refractivity (Wildman–Crippen MR) is 82.2 cm³/mol. The first-order chi connectivity index (χ1) is 9.11. The molecule has 1 heterocycles. The lowest BCUT2D eigenvalue weighted by atomic mass is 10.2. The summed E-state index contributed by atoms with van der Waals surface area (Å²) in [6, 6.07) is 7.83. The third kappa shape index (κ3) is 3.62. The number of thioether (sulfide) groups is 1. The highest BCUT2D eigenvalue weighted by Gasteiger charge is 2.10. The zero-order chi connectivity index (χ0) is 13.8. The van der Waals surface area contributed by atoms with Gasteiger partial charge in [0.1, 0.15) is 16.0 Å². The number of hydrogen-bond acceptors (Lipinski definition) is 3. The van der Waals surface area contributed by atoms with Gasteiger partial charge in [-0.25, -0.2) is 9.97 Å². The molecule has 1 aromatic carbocycles. The minimum absolute atomic E-state index is 0.536. The predicted octanol–water partition coefficient (Wildman–Crippen LogP) is 4.95. The van der Waals surface area contributed by atoms with Gasteiger partial charge in [0.2, 0.25) is 0 Å². The standard InChI is InChI=1S/C14H14Cl2N2S/c1-3-12-17-13(16)9(2)14(18-12)19-8-10-6-4-5-7-11(10)15/h4-7H,3,8H2,1-2H3. The largest absolute Gasteiger partial charge is 0.226 e. The molecule has 100 valence electrons. The summed E-state index contributed by atoms with van der Waals surface area (Å²) < 4.78 is 0. The lowest BCUT2D eigenvalue weighted by Crippen LogP contribution is -1.98. The zero-order valence-electron chi connectivity index (χ0n) is 10.8. The summed E-state index contributed by atoms with van der Waals surface area (Å²) in [6.07, 6.45) is 0.777. The molecule has 0 spiro atoms. The van der Waals surface area contributed by atoms with Crippen LogP contribution in [0.25, 0.3) is 0 Å². The lowest BCUT2D eigenvalue weighted by Gasteiger charge is -2.08. The number of halogens is 2. The summed E-state index contributed by atoms with van der Waals surface area (Å²) in [5.41, 5.74) is 2.03. The van der Waals surface area contributed by atoms with E-state index in [0.29, 0.717) is 5.15 Å². The molecule has 0 aliphatic heterocycles. The normalized spacial score (nSPS) is 10.7. The van der Waals surface area contributed by atoms with E-state index in [2.05, 4.69) is 9.97 Å². The van der Waals surface area contributed by atoms with Crippen molar-refractivity contribution in [3.63, 3.8) is 0 Å². The quantitative estimate of drug-likeness (QED) is 0.590. The second-order valence-corrected chi connectivity index (χ2v) is 5.82. The first-order valence-corrected chi connectivity index (χ1v) is 7.75. The summed E-state index contributed by atoms with van der Waals surface area (Å²) in [5, 5.41) is 2.24. The van der Waals surface area contributed by atoms with Crippen LogP contribution in [-0.4, -0.2) is 9.97 Å². The molecule has 2 nitrogen and oxygen atoms in total. The number of rotatable bonds is 4. The maximum absolute atomic E-state index is 6.15.